The number of nitrogens with one attached hydrogen (secondary N) is 1. The summed E-state index contributed by atoms with van der Waals surface area (Å²) in [6.45, 7) is 0. The maximum absolute atomic E-state index is 14.2. The lowest BCUT2D eigenvalue weighted by molar-refractivity contribution is 0.309. The second-order valence-corrected chi connectivity index (χ2v) is 10.1. The number of benzene rings is 2. The molecule has 2 heterocycles. The molecule has 9 nitrogen and oxygen atoms in total. The summed E-state index contributed by atoms with van der Waals surface area (Å²) in [5.41, 5.74) is 7.18. The molecule has 1 aliphatic carbocycles. The van der Waals surface area contributed by atoms with Crippen LogP contribution in [0.25, 0.3) is 22.0 Å². The third kappa shape index (κ3) is 4.13. The van der Waals surface area contributed by atoms with Gasteiger partial charge in [0.2, 0.25) is 11.8 Å². The fourth-order valence-corrected chi connectivity index (χ4v) is 5.24. The van der Waals surface area contributed by atoms with Crippen molar-refractivity contribution in [3.63, 3.8) is 0 Å². The Morgan fingerprint density at radius 3 is 2.56 bits per heavy atom. The van der Waals surface area contributed by atoms with E-state index in [1.54, 1.807) is 18.2 Å². The molecular weight excluding hydrogens is 492 g/mol. The van der Waals surface area contributed by atoms with Crippen LogP contribution < -0.4 is 20.8 Å². The third-order valence-corrected chi connectivity index (χ3v) is 7.57. The molecule has 1 saturated carbocycles. The van der Waals surface area contributed by atoms with Crippen molar-refractivity contribution in [2.24, 2.45) is 0 Å². The first-order chi connectivity index (χ1) is 17.2. The van der Waals surface area contributed by atoms with Crippen LogP contribution in [-0.2, 0) is 10.0 Å². The van der Waals surface area contributed by atoms with Crippen LogP contribution >= 0.6 is 0 Å². The highest BCUT2D eigenvalue weighted by Crippen LogP contribution is 2.34. The molecule has 12 heteroatoms. The van der Waals surface area contributed by atoms with E-state index in [2.05, 4.69) is 14.7 Å². The van der Waals surface area contributed by atoms with E-state index in [9.17, 15) is 22.0 Å². The molecule has 0 unspecified atom stereocenters. The molecule has 0 radical (unpaired) electrons. The SMILES string of the molecule is COc1ncc(-c2ccc3nc(N)n(C4CCC4)c(=O)c3c2)cc1NS(=O)(=O)c1ccc(F)cc1F. The Hall–Kier alpha value is -4.06. The van der Waals surface area contributed by atoms with Crippen molar-refractivity contribution >= 4 is 32.6 Å². The number of hydrogen-bond acceptors (Lipinski definition) is 7. The van der Waals surface area contributed by atoms with Crippen molar-refractivity contribution in [1.29, 1.82) is 0 Å². The van der Waals surface area contributed by atoms with Gasteiger partial charge in [-0.15, -0.1) is 0 Å². The van der Waals surface area contributed by atoms with Gasteiger partial charge in [-0.05, 0) is 55.2 Å². The maximum Gasteiger partial charge on any atom is 0.264 e. The van der Waals surface area contributed by atoms with Crippen molar-refractivity contribution in [2.75, 3.05) is 17.6 Å². The van der Waals surface area contributed by atoms with Gasteiger partial charge in [0.1, 0.15) is 22.2 Å². The molecule has 0 saturated heterocycles. The molecule has 0 aliphatic heterocycles. The topological polar surface area (TPSA) is 129 Å². The van der Waals surface area contributed by atoms with E-state index in [1.807, 2.05) is 0 Å². The summed E-state index contributed by atoms with van der Waals surface area (Å²) in [5, 5.41) is 0.361. The number of ether oxygens (including phenoxy) is 1. The largest absolute Gasteiger partial charge is 0.480 e. The van der Waals surface area contributed by atoms with E-state index in [0.717, 1.165) is 31.4 Å². The minimum Gasteiger partial charge on any atom is -0.480 e. The number of rotatable bonds is 6. The molecule has 0 spiro atoms. The van der Waals surface area contributed by atoms with Crippen LogP contribution in [0.3, 0.4) is 0 Å². The summed E-state index contributed by atoms with van der Waals surface area (Å²) in [6.07, 6.45) is 4.19. The highest BCUT2D eigenvalue weighted by Gasteiger charge is 2.25. The van der Waals surface area contributed by atoms with Crippen molar-refractivity contribution in [3.8, 4) is 17.0 Å². The van der Waals surface area contributed by atoms with E-state index in [0.29, 0.717) is 28.1 Å². The lowest BCUT2D eigenvalue weighted by Gasteiger charge is -2.28. The van der Waals surface area contributed by atoms with E-state index in [1.165, 1.54) is 23.9 Å². The molecule has 36 heavy (non-hydrogen) atoms. The highest BCUT2D eigenvalue weighted by molar-refractivity contribution is 7.92. The summed E-state index contributed by atoms with van der Waals surface area (Å²) < 4.78 is 62.0. The summed E-state index contributed by atoms with van der Waals surface area (Å²) in [7, 11) is -3.14. The van der Waals surface area contributed by atoms with Crippen molar-refractivity contribution in [1.82, 2.24) is 14.5 Å². The van der Waals surface area contributed by atoms with Gasteiger partial charge >= 0.3 is 0 Å². The predicted molar refractivity (Wildman–Crippen MR) is 130 cm³/mol. The average Bonchev–Trinajstić information content (AvgIpc) is 2.79. The Kier molecular flexibility index (Phi) is 5.83. The third-order valence-electron chi connectivity index (χ3n) is 6.17. The minimum atomic E-state index is -4.44. The normalized spacial score (nSPS) is 14.0. The molecule has 0 bridgehead atoms. The number of hydrogen-bond donors (Lipinski definition) is 2. The Morgan fingerprint density at radius 1 is 1.11 bits per heavy atom. The Balaban J connectivity index is 1.57. The Morgan fingerprint density at radius 2 is 1.89 bits per heavy atom. The fourth-order valence-electron chi connectivity index (χ4n) is 4.13. The van der Waals surface area contributed by atoms with Crippen LogP contribution in [0.4, 0.5) is 20.4 Å². The average molecular weight is 514 g/mol. The predicted octanol–water partition coefficient (Wildman–Crippen LogP) is 3.85. The molecule has 4 aromatic rings. The first-order valence-corrected chi connectivity index (χ1v) is 12.5. The molecular formula is C24H21F2N5O4S. The molecule has 1 fully saturated rings. The van der Waals surface area contributed by atoms with Gasteiger partial charge in [-0.25, -0.2) is 27.2 Å². The van der Waals surface area contributed by atoms with Gasteiger partial charge in [-0.2, -0.15) is 0 Å². The van der Waals surface area contributed by atoms with Crippen LogP contribution in [0.1, 0.15) is 25.3 Å². The molecule has 2 aromatic heterocycles. The number of fused-ring (bicyclic) bond motifs is 1. The van der Waals surface area contributed by atoms with Crippen LogP contribution in [0.2, 0.25) is 0 Å². The number of nitrogens with zero attached hydrogens (tertiary/aromatic N) is 3. The number of anilines is 2. The fraction of sp³-hybridized carbons (Fsp3) is 0.208. The monoisotopic (exact) mass is 513 g/mol. The molecule has 0 atom stereocenters. The van der Waals surface area contributed by atoms with Crippen LogP contribution in [-0.4, -0.2) is 30.1 Å². The van der Waals surface area contributed by atoms with E-state index in [-0.39, 0.29) is 29.1 Å². The standard InChI is InChI=1S/C24H21F2N5O4S/c1-35-22-20(30-36(33,34)21-8-6-15(25)11-18(21)26)10-14(12-28-22)13-5-7-19-17(9-13)23(32)31(24(27)29-19)16-3-2-4-16/h5-12,16,30H,2-4H2,1H3,(H2,27,29). The zero-order valence-corrected chi connectivity index (χ0v) is 19.9. The number of nitrogens with two attached hydrogens (primary N) is 1. The Labute approximate surface area is 204 Å². The highest BCUT2D eigenvalue weighted by atomic mass is 32.2. The van der Waals surface area contributed by atoms with E-state index >= 15 is 0 Å². The molecule has 5 rings (SSSR count). The number of aromatic nitrogens is 3. The van der Waals surface area contributed by atoms with Gasteiger partial charge in [-0.1, -0.05) is 6.07 Å². The molecule has 1 aliphatic rings. The van der Waals surface area contributed by atoms with Gasteiger partial charge in [0.05, 0.1) is 18.0 Å². The van der Waals surface area contributed by atoms with Gasteiger partial charge < -0.3 is 10.5 Å². The molecule has 0 amide bonds. The van der Waals surface area contributed by atoms with Gasteiger partial charge in [0.25, 0.3) is 15.6 Å². The lowest BCUT2D eigenvalue weighted by atomic mass is 9.92. The number of sulfonamides is 1. The number of pyridine rings is 1. The van der Waals surface area contributed by atoms with Crippen molar-refractivity contribution in [3.05, 3.63) is 70.6 Å². The first kappa shape index (κ1) is 23.7. The summed E-state index contributed by atoms with van der Waals surface area (Å²) in [5.74, 6) is -2.04. The summed E-state index contributed by atoms with van der Waals surface area (Å²) in [6, 6.07) is 8.60. The number of nitrogen functional groups attached to an aromatic ring is 1. The molecule has 186 valence electrons. The van der Waals surface area contributed by atoms with Gasteiger partial charge in [0.15, 0.2) is 0 Å². The first-order valence-electron chi connectivity index (χ1n) is 11.0. The summed E-state index contributed by atoms with van der Waals surface area (Å²) in [4.78, 5) is 21.0. The lowest BCUT2D eigenvalue weighted by Crippen LogP contribution is -2.31. The molecule has 2 aromatic carbocycles. The smallest absolute Gasteiger partial charge is 0.264 e. The van der Waals surface area contributed by atoms with Crippen molar-refractivity contribution in [2.45, 2.75) is 30.2 Å². The zero-order chi connectivity index (χ0) is 25.6. The van der Waals surface area contributed by atoms with E-state index in [4.69, 9.17) is 10.5 Å². The van der Waals surface area contributed by atoms with Gasteiger partial charge in [-0.3, -0.25) is 14.1 Å². The second kappa shape index (κ2) is 8.86. The second-order valence-electron chi connectivity index (χ2n) is 8.42. The quantitative estimate of drug-likeness (QED) is 0.401. The number of halogens is 2. The Bertz CT molecular complexity index is 1670. The van der Waals surface area contributed by atoms with Crippen LogP contribution in [0.15, 0.2) is 58.4 Å². The van der Waals surface area contributed by atoms with Crippen LogP contribution in [0.5, 0.6) is 5.88 Å². The minimum absolute atomic E-state index is 0.0218. The zero-order valence-electron chi connectivity index (χ0n) is 19.0. The van der Waals surface area contributed by atoms with Crippen molar-refractivity contribution < 1.29 is 21.9 Å². The van der Waals surface area contributed by atoms with Crippen LogP contribution in [0, 0.1) is 11.6 Å². The van der Waals surface area contributed by atoms with Gasteiger partial charge in [0, 0.05) is 23.9 Å². The maximum atomic E-state index is 14.2. The number of methoxy groups -OCH3 is 1. The van der Waals surface area contributed by atoms with E-state index < -0.39 is 26.6 Å². The summed E-state index contributed by atoms with van der Waals surface area (Å²) >= 11 is 0. The molecule has 3 N–H and O–H groups in total.